The number of aryl methyl sites for hydroxylation is 1. The zero-order chi connectivity index (χ0) is 15.0. The molecule has 0 aliphatic heterocycles. The molecule has 0 radical (unpaired) electrons. The zero-order valence-electron chi connectivity index (χ0n) is 12.3. The summed E-state index contributed by atoms with van der Waals surface area (Å²) in [7, 11) is 3.29. The Balaban J connectivity index is 2.31. The summed E-state index contributed by atoms with van der Waals surface area (Å²) in [4.78, 5) is 4.57. The normalized spacial score (nSPS) is 10.8. The molecule has 1 aromatic heterocycles. The van der Waals surface area contributed by atoms with Gasteiger partial charge >= 0.3 is 0 Å². The van der Waals surface area contributed by atoms with Gasteiger partial charge in [-0.15, -0.1) is 0 Å². The predicted molar refractivity (Wildman–Crippen MR) is 83.3 cm³/mol. The molecule has 0 spiro atoms. The minimum Gasteiger partial charge on any atom is -0.497 e. The van der Waals surface area contributed by atoms with E-state index in [4.69, 9.17) is 15.2 Å². The van der Waals surface area contributed by atoms with E-state index in [9.17, 15) is 0 Å². The Morgan fingerprint density at radius 3 is 2.57 bits per heavy atom. The van der Waals surface area contributed by atoms with Crippen molar-refractivity contribution >= 4 is 16.7 Å². The monoisotopic (exact) mass is 283 g/mol. The lowest BCUT2D eigenvalue weighted by Gasteiger charge is -2.13. The van der Waals surface area contributed by atoms with Gasteiger partial charge in [0.1, 0.15) is 17.3 Å². The van der Waals surface area contributed by atoms with Crippen molar-refractivity contribution in [2.75, 3.05) is 20.0 Å². The van der Waals surface area contributed by atoms with Crippen molar-refractivity contribution in [3.8, 4) is 17.2 Å². The summed E-state index contributed by atoms with van der Waals surface area (Å²) in [6.45, 7) is 1.95. The van der Waals surface area contributed by atoms with Crippen LogP contribution in [0.1, 0.15) is 5.82 Å². The van der Waals surface area contributed by atoms with Gasteiger partial charge in [0, 0.05) is 11.8 Å². The molecule has 2 aromatic carbocycles. The first kappa shape index (κ1) is 13.3. The van der Waals surface area contributed by atoms with Crippen LogP contribution in [0.5, 0.6) is 11.5 Å². The number of hydrogen-bond donors (Lipinski definition) is 1. The standard InChI is InChI=1S/C16H17N3O2/c1-10-18-13-8-11(17)4-6-14(13)19(10)15-9-12(20-2)5-7-16(15)21-3/h4-9H,17H2,1-3H3. The van der Waals surface area contributed by atoms with E-state index in [1.54, 1.807) is 14.2 Å². The highest BCUT2D eigenvalue weighted by Gasteiger charge is 2.14. The zero-order valence-corrected chi connectivity index (χ0v) is 12.3. The summed E-state index contributed by atoms with van der Waals surface area (Å²) in [5.74, 6) is 2.39. The number of nitrogens with two attached hydrogens (primary N) is 1. The summed E-state index contributed by atoms with van der Waals surface area (Å²) in [6.07, 6.45) is 0. The second kappa shape index (κ2) is 5.01. The van der Waals surface area contributed by atoms with Crippen LogP contribution in [0.2, 0.25) is 0 Å². The van der Waals surface area contributed by atoms with E-state index >= 15 is 0 Å². The summed E-state index contributed by atoms with van der Waals surface area (Å²) in [5.41, 5.74) is 9.26. The molecular weight excluding hydrogens is 266 g/mol. The van der Waals surface area contributed by atoms with Crippen LogP contribution < -0.4 is 15.2 Å². The number of nitrogens with zero attached hydrogens (tertiary/aromatic N) is 2. The third-order valence-electron chi connectivity index (χ3n) is 3.47. The molecule has 2 N–H and O–H groups in total. The van der Waals surface area contributed by atoms with E-state index in [-0.39, 0.29) is 0 Å². The molecule has 1 heterocycles. The largest absolute Gasteiger partial charge is 0.497 e. The molecular formula is C16H17N3O2. The number of aromatic nitrogens is 2. The minimum atomic E-state index is 0.699. The minimum absolute atomic E-state index is 0.699. The van der Waals surface area contributed by atoms with Crippen LogP contribution in [0.4, 0.5) is 5.69 Å². The van der Waals surface area contributed by atoms with Gasteiger partial charge in [-0.05, 0) is 37.3 Å². The number of hydrogen-bond acceptors (Lipinski definition) is 4. The lowest BCUT2D eigenvalue weighted by Crippen LogP contribution is -2.01. The average Bonchev–Trinajstić information content (AvgIpc) is 2.81. The molecule has 5 heteroatoms. The van der Waals surface area contributed by atoms with Crippen LogP contribution >= 0.6 is 0 Å². The quantitative estimate of drug-likeness (QED) is 0.751. The van der Waals surface area contributed by atoms with Crippen molar-refractivity contribution in [2.24, 2.45) is 0 Å². The molecule has 0 saturated carbocycles. The van der Waals surface area contributed by atoms with E-state index in [1.807, 2.05) is 47.9 Å². The first-order valence-corrected chi connectivity index (χ1v) is 6.61. The Labute approximate surface area is 122 Å². The van der Waals surface area contributed by atoms with Crippen molar-refractivity contribution in [3.63, 3.8) is 0 Å². The molecule has 0 aliphatic rings. The molecule has 0 saturated heterocycles. The second-order valence-corrected chi connectivity index (χ2v) is 4.78. The third-order valence-corrected chi connectivity index (χ3v) is 3.47. The van der Waals surface area contributed by atoms with Gasteiger partial charge in [0.05, 0.1) is 30.9 Å². The Morgan fingerprint density at radius 1 is 1.05 bits per heavy atom. The molecule has 0 fully saturated rings. The van der Waals surface area contributed by atoms with Gasteiger partial charge in [0.25, 0.3) is 0 Å². The molecule has 3 rings (SSSR count). The smallest absolute Gasteiger partial charge is 0.143 e. The highest BCUT2D eigenvalue weighted by Crippen LogP contribution is 2.32. The highest BCUT2D eigenvalue weighted by molar-refractivity contribution is 5.82. The molecule has 3 aromatic rings. The van der Waals surface area contributed by atoms with Crippen molar-refractivity contribution in [2.45, 2.75) is 6.92 Å². The van der Waals surface area contributed by atoms with Crippen LogP contribution in [0, 0.1) is 6.92 Å². The molecule has 0 aliphatic carbocycles. The van der Waals surface area contributed by atoms with Gasteiger partial charge < -0.3 is 15.2 Å². The summed E-state index contributed by atoms with van der Waals surface area (Å²) < 4.78 is 12.8. The van der Waals surface area contributed by atoms with E-state index in [0.717, 1.165) is 34.0 Å². The molecule has 0 unspecified atom stereocenters. The van der Waals surface area contributed by atoms with E-state index in [1.165, 1.54) is 0 Å². The summed E-state index contributed by atoms with van der Waals surface area (Å²) in [6, 6.07) is 11.4. The number of benzene rings is 2. The highest BCUT2D eigenvalue weighted by atomic mass is 16.5. The molecule has 0 bridgehead atoms. The third kappa shape index (κ3) is 2.16. The Hall–Kier alpha value is -2.69. The maximum absolute atomic E-state index is 5.83. The fourth-order valence-corrected chi connectivity index (χ4v) is 2.49. The van der Waals surface area contributed by atoms with Gasteiger partial charge in [0.2, 0.25) is 0 Å². The molecule has 21 heavy (non-hydrogen) atoms. The van der Waals surface area contributed by atoms with E-state index in [0.29, 0.717) is 5.69 Å². The van der Waals surface area contributed by atoms with Crippen molar-refractivity contribution in [3.05, 3.63) is 42.2 Å². The maximum Gasteiger partial charge on any atom is 0.143 e. The number of rotatable bonds is 3. The topological polar surface area (TPSA) is 62.3 Å². The number of methoxy groups -OCH3 is 2. The number of nitrogen functional groups attached to an aromatic ring is 1. The van der Waals surface area contributed by atoms with Crippen LogP contribution in [0.15, 0.2) is 36.4 Å². The average molecular weight is 283 g/mol. The Kier molecular flexibility index (Phi) is 3.17. The summed E-state index contributed by atoms with van der Waals surface area (Å²) in [5, 5.41) is 0. The SMILES string of the molecule is COc1ccc(OC)c(-n2c(C)nc3cc(N)ccc32)c1. The van der Waals surface area contributed by atoms with Crippen LogP contribution in [-0.4, -0.2) is 23.8 Å². The fourth-order valence-electron chi connectivity index (χ4n) is 2.49. The number of imidazole rings is 1. The molecule has 0 atom stereocenters. The predicted octanol–water partition coefficient (Wildman–Crippen LogP) is 2.93. The molecule has 0 amide bonds. The fraction of sp³-hybridized carbons (Fsp3) is 0.188. The number of ether oxygens (including phenoxy) is 2. The van der Waals surface area contributed by atoms with Crippen LogP contribution in [0.3, 0.4) is 0 Å². The van der Waals surface area contributed by atoms with Crippen LogP contribution in [0.25, 0.3) is 16.7 Å². The number of anilines is 1. The van der Waals surface area contributed by atoms with Crippen molar-refractivity contribution in [1.29, 1.82) is 0 Å². The first-order chi connectivity index (χ1) is 10.1. The molecule has 5 nitrogen and oxygen atoms in total. The van der Waals surface area contributed by atoms with Gasteiger partial charge in [0.15, 0.2) is 0 Å². The van der Waals surface area contributed by atoms with Crippen molar-refractivity contribution < 1.29 is 9.47 Å². The summed E-state index contributed by atoms with van der Waals surface area (Å²) >= 11 is 0. The van der Waals surface area contributed by atoms with Gasteiger partial charge in [-0.1, -0.05) is 0 Å². The second-order valence-electron chi connectivity index (χ2n) is 4.78. The van der Waals surface area contributed by atoms with Gasteiger partial charge in [-0.25, -0.2) is 4.98 Å². The lowest BCUT2D eigenvalue weighted by atomic mass is 10.2. The molecule has 108 valence electrons. The first-order valence-electron chi connectivity index (χ1n) is 6.61. The van der Waals surface area contributed by atoms with Gasteiger partial charge in [-0.2, -0.15) is 0 Å². The van der Waals surface area contributed by atoms with Crippen LogP contribution in [-0.2, 0) is 0 Å². The maximum atomic E-state index is 5.83. The number of fused-ring (bicyclic) bond motifs is 1. The Morgan fingerprint density at radius 2 is 1.86 bits per heavy atom. The lowest BCUT2D eigenvalue weighted by molar-refractivity contribution is 0.401. The Bertz CT molecular complexity index is 809. The van der Waals surface area contributed by atoms with E-state index in [2.05, 4.69) is 4.98 Å². The van der Waals surface area contributed by atoms with Crippen molar-refractivity contribution in [1.82, 2.24) is 9.55 Å². The van der Waals surface area contributed by atoms with E-state index < -0.39 is 0 Å². The van der Waals surface area contributed by atoms with Gasteiger partial charge in [-0.3, -0.25) is 4.57 Å².